The van der Waals surface area contributed by atoms with E-state index in [1.54, 1.807) is 0 Å². The van der Waals surface area contributed by atoms with Crippen LogP contribution in [0.5, 0.6) is 0 Å². The van der Waals surface area contributed by atoms with E-state index in [2.05, 4.69) is 36.5 Å². The summed E-state index contributed by atoms with van der Waals surface area (Å²) in [5, 5.41) is 2.16. The first-order chi connectivity index (χ1) is 9.15. The van der Waals surface area contributed by atoms with Gasteiger partial charge in [-0.05, 0) is 51.2 Å². The van der Waals surface area contributed by atoms with E-state index in [1.165, 1.54) is 43.4 Å². The highest BCUT2D eigenvalue weighted by atomic mass is 32.1. The third-order valence-electron chi connectivity index (χ3n) is 4.83. The van der Waals surface area contributed by atoms with Crippen LogP contribution < -0.4 is 5.73 Å². The Kier molecular flexibility index (Phi) is 5.43. The predicted octanol–water partition coefficient (Wildman–Crippen LogP) is 3.66. The Balaban J connectivity index is 2.00. The monoisotopic (exact) mass is 280 g/mol. The average Bonchev–Trinajstić information content (AvgIpc) is 2.78. The summed E-state index contributed by atoms with van der Waals surface area (Å²) in [6, 6.07) is 4.66. The summed E-state index contributed by atoms with van der Waals surface area (Å²) in [6.45, 7) is 0. The quantitative estimate of drug-likeness (QED) is 0.834. The minimum atomic E-state index is 0.230. The molecule has 19 heavy (non-hydrogen) atoms. The second-order valence-corrected chi connectivity index (χ2v) is 7.17. The molecule has 1 saturated carbocycles. The number of thiophene rings is 1. The van der Waals surface area contributed by atoms with Gasteiger partial charge in [-0.15, -0.1) is 11.3 Å². The second-order valence-electron chi connectivity index (χ2n) is 6.14. The Bertz CT molecular complexity index is 351. The molecule has 0 radical (unpaired) electrons. The first-order valence-corrected chi connectivity index (χ1v) is 8.48. The SMILES string of the molecule is CN(C)C1(C(N)CCc2cccs2)CCCCCC1. The fraction of sp³-hybridized carbons (Fsp3) is 0.750. The summed E-state index contributed by atoms with van der Waals surface area (Å²) in [4.78, 5) is 3.88. The second kappa shape index (κ2) is 6.87. The smallest absolute Gasteiger partial charge is 0.0354 e. The summed E-state index contributed by atoms with van der Waals surface area (Å²) in [6.07, 6.45) is 10.2. The van der Waals surface area contributed by atoms with Gasteiger partial charge >= 0.3 is 0 Å². The van der Waals surface area contributed by atoms with Crippen molar-refractivity contribution in [3.63, 3.8) is 0 Å². The largest absolute Gasteiger partial charge is 0.326 e. The fourth-order valence-electron chi connectivity index (χ4n) is 3.51. The maximum atomic E-state index is 6.63. The van der Waals surface area contributed by atoms with Crippen LogP contribution in [0.4, 0.5) is 0 Å². The van der Waals surface area contributed by atoms with Gasteiger partial charge in [-0.2, -0.15) is 0 Å². The third-order valence-corrected chi connectivity index (χ3v) is 5.77. The van der Waals surface area contributed by atoms with Gasteiger partial charge in [-0.25, -0.2) is 0 Å². The van der Waals surface area contributed by atoms with E-state index in [-0.39, 0.29) is 5.54 Å². The lowest BCUT2D eigenvalue weighted by Gasteiger charge is -2.44. The van der Waals surface area contributed by atoms with Crippen molar-refractivity contribution in [3.05, 3.63) is 22.4 Å². The zero-order valence-electron chi connectivity index (χ0n) is 12.4. The van der Waals surface area contributed by atoms with Crippen LogP contribution in [0.15, 0.2) is 17.5 Å². The van der Waals surface area contributed by atoms with E-state index in [4.69, 9.17) is 5.73 Å². The topological polar surface area (TPSA) is 29.3 Å². The van der Waals surface area contributed by atoms with Crippen LogP contribution in [0.1, 0.15) is 49.8 Å². The van der Waals surface area contributed by atoms with E-state index >= 15 is 0 Å². The van der Waals surface area contributed by atoms with Crippen LogP contribution >= 0.6 is 11.3 Å². The van der Waals surface area contributed by atoms with Crippen LogP contribution in [0.2, 0.25) is 0 Å². The Morgan fingerprint density at radius 3 is 2.47 bits per heavy atom. The third kappa shape index (κ3) is 3.59. The lowest BCUT2D eigenvalue weighted by atomic mass is 9.79. The fourth-order valence-corrected chi connectivity index (χ4v) is 4.24. The molecule has 1 atom stereocenters. The molecule has 0 spiro atoms. The van der Waals surface area contributed by atoms with Gasteiger partial charge in [-0.1, -0.05) is 31.7 Å². The Morgan fingerprint density at radius 1 is 1.26 bits per heavy atom. The number of nitrogens with two attached hydrogens (primary N) is 1. The van der Waals surface area contributed by atoms with Crippen molar-refractivity contribution < 1.29 is 0 Å². The zero-order valence-corrected chi connectivity index (χ0v) is 13.2. The molecule has 1 aliphatic carbocycles. The molecule has 1 unspecified atom stereocenters. The molecule has 2 nitrogen and oxygen atoms in total. The van der Waals surface area contributed by atoms with Crippen molar-refractivity contribution in [3.8, 4) is 0 Å². The molecule has 2 rings (SSSR count). The molecule has 108 valence electrons. The molecule has 0 saturated heterocycles. The molecule has 0 bridgehead atoms. The van der Waals surface area contributed by atoms with Crippen molar-refractivity contribution in [2.24, 2.45) is 5.73 Å². The molecule has 0 amide bonds. The molecule has 1 aliphatic rings. The van der Waals surface area contributed by atoms with Crippen LogP contribution in [-0.4, -0.2) is 30.6 Å². The van der Waals surface area contributed by atoms with Crippen LogP contribution in [0, 0.1) is 0 Å². The van der Waals surface area contributed by atoms with E-state index in [1.807, 2.05) is 11.3 Å². The van der Waals surface area contributed by atoms with Gasteiger partial charge in [0, 0.05) is 16.5 Å². The summed E-state index contributed by atoms with van der Waals surface area (Å²) in [5.74, 6) is 0. The lowest BCUT2D eigenvalue weighted by molar-refractivity contribution is 0.0934. The number of likely N-dealkylation sites (N-methyl/N-ethyl adjacent to an activating group) is 1. The van der Waals surface area contributed by atoms with Crippen LogP contribution in [0.25, 0.3) is 0 Å². The molecule has 0 aliphatic heterocycles. The van der Waals surface area contributed by atoms with Gasteiger partial charge < -0.3 is 10.6 Å². The lowest BCUT2D eigenvalue weighted by Crippen LogP contribution is -2.57. The molecular formula is C16H28N2S. The highest BCUT2D eigenvalue weighted by Crippen LogP contribution is 2.34. The standard InChI is InChI=1S/C16H28N2S/c1-18(2)16(11-5-3-4-6-12-16)15(17)10-9-14-8-7-13-19-14/h7-8,13,15H,3-6,9-12,17H2,1-2H3. The van der Waals surface area contributed by atoms with Gasteiger partial charge in [0.15, 0.2) is 0 Å². The minimum absolute atomic E-state index is 0.230. The first-order valence-electron chi connectivity index (χ1n) is 7.60. The van der Waals surface area contributed by atoms with Crippen LogP contribution in [0.3, 0.4) is 0 Å². The number of hydrogen-bond acceptors (Lipinski definition) is 3. The predicted molar refractivity (Wildman–Crippen MR) is 84.7 cm³/mol. The minimum Gasteiger partial charge on any atom is -0.326 e. The van der Waals surface area contributed by atoms with Crippen molar-refractivity contribution in [2.75, 3.05) is 14.1 Å². The van der Waals surface area contributed by atoms with Crippen molar-refractivity contribution in [2.45, 2.75) is 62.9 Å². The molecule has 0 aromatic carbocycles. The number of nitrogens with zero attached hydrogens (tertiary/aromatic N) is 1. The number of aryl methyl sites for hydroxylation is 1. The molecule has 1 aromatic heterocycles. The Labute approximate surface area is 122 Å². The molecule has 1 heterocycles. The normalized spacial score (nSPS) is 21.3. The van der Waals surface area contributed by atoms with Gasteiger partial charge in [0.1, 0.15) is 0 Å². The van der Waals surface area contributed by atoms with Crippen molar-refractivity contribution in [1.82, 2.24) is 4.90 Å². The van der Waals surface area contributed by atoms with Crippen molar-refractivity contribution >= 4 is 11.3 Å². The molecule has 1 fully saturated rings. The highest BCUT2D eigenvalue weighted by molar-refractivity contribution is 7.09. The first kappa shape index (κ1) is 15.0. The molecular weight excluding hydrogens is 252 g/mol. The van der Waals surface area contributed by atoms with Gasteiger partial charge in [0.05, 0.1) is 0 Å². The number of hydrogen-bond donors (Lipinski definition) is 1. The van der Waals surface area contributed by atoms with Crippen molar-refractivity contribution in [1.29, 1.82) is 0 Å². The summed E-state index contributed by atoms with van der Waals surface area (Å²) in [5.41, 5.74) is 6.86. The summed E-state index contributed by atoms with van der Waals surface area (Å²) >= 11 is 1.85. The zero-order chi connectivity index (χ0) is 13.7. The molecule has 1 aromatic rings. The van der Waals surface area contributed by atoms with Crippen LogP contribution in [-0.2, 0) is 6.42 Å². The van der Waals surface area contributed by atoms with E-state index < -0.39 is 0 Å². The van der Waals surface area contributed by atoms with E-state index in [0.29, 0.717) is 6.04 Å². The maximum Gasteiger partial charge on any atom is 0.0354 e. The highest BCUT2D eigenvalue weighted by Gasteiger charge is 2.38. The van der Waals surface area contributed by atoms with Gasteiger partial charge in [0.2, 0.25) is 0 Å². The average molecular weight is 280 g/mol. The summed E-state index contributed by atoms with van der Waals surface area (Å²) in [7, 11) is 4.44. The summed E-state index contributed by atoms with van der Waals surface area (Å²) < 4.78 is 0. The number of rotatable bonds is 5. The van der Waals surface area contributed by atoms with E-state index in [0.717, 1.165) is 12.8 Å². The van der Waals surface area contributed by atoms with Gasteiger partial charge in [0.25, 0.3) is 0 Å². The Morgan fingerprint density at radius 2 is 1.95 bits per heavy atom. The van der Waals surface area contributed by atoms with Gasteiger partial charge in [-0.3, -0.25) is 0 Å². The van der Waals surface area contributed by atoms with E-state index in [9.17, 15) is 0 Å². The maximum absolute atomic E-state index is 6.63. The Hall–Kier alpha value is -0.380. The molecule has 2 N–H and O–H groups in total. The molecule has 3 heteroatoms.